The van der Waals surface area contributed by atoms with Crippen molar-refractivity contribution in [1.29, 1.82) is 0 Å². The molecule has 0 spiro atoms. The van der Waals surface area contributed by atoms with Gasteiger partial charge in [0, 0.05) is 6.42 Å². The molecule has 3 N–H and O–H groups in total. The Labute approximate surface area is 242 Å². The van der Waals surface area contributed by atoms with Crippen LogP contribution < -0.4 is 5.32 Å². The van der Waals surface area contributed by atoms with Crippen LogP contribution in [0.3, 0.4) is 0 Å². The number of aliphatic hydroxyl groups is 2. The highest BCUT2D eigenvalue weighted by atomic mass is 16.3. The first kappa shape index (κ1) is 37.6. The number of allylic oxidation sites excluding steroid dienone is 5. The van der Waals surface area contributed by atoms with E-state index in [4.69, 9.17) is 0 Å². The summed E-state index contributed by atoms with van der Waals surface area (Å²) >= 11 is 0. The molecule has 4 heteroatoms. The van der Waals surface area contributed by atoms with E-state index in [1.807, 2.05) is 6.08 Å². The number of hydrogen-bond donors (Lipinski definition) is 3. The molecule has 0 aliphatic rings. The Morgan fingerprint density at radius 2 is 1.00 bits per heavy atom. The Bertz CT molecular complexity index is 599. The molecule has 0 aromatic heterocycles. The Morgan fingerprint density at radius 1 is 0.590 bits per heavy atom. The molecule has 0 rings (SSSR count). The Kier molecular flexibility index (Phi) is 30.0. The van der Waals surface area contributed by atoms with Crippen molar-refractivity contribution in [3.63, 3.8) is 0 Å². The molecule has 0 saturated carbocycles. The maximum atomic E-state index is 12.3. The summed E-state index contributed by atoms with van der Waals surface area (Å²) < 4.78 is 0. The van der Waals surface area contributed by atoms with Gasteiger partial charge in [-0.15, -0.1) is 0 Å². The van der Waals surface area contributed by atoms with Crippen LogP contribution in [0.25, 0.3) is 0 Å². The number of rotatable bonds is 29. The highest BCUT2D eigenvalue weighted by molar-refractivity contribution is 5.76. The zero-order chi connectivity index (χ0) is 28.7. The van der Waals surface area contributed by atoms with Gasteiger partial charge in [-0.05, 0) is 57.8 Å². The predicted octanol–water partition coefficient (Wildman–Crippen LogP) is 9.51. The minimum atomic E-state index is -0.861. The van der Waals surface area contributed by atoms with Gasteiger partial charge in [-0.2, -0.15) is 0 Å². The van der Waals surface area contributed by atoms with Gasteiger partial charge >= 0.3 is 0 Å². The summed E-state index contributed by atoms with van der Waals surface area (Å²) in [5.41, 5.74) is 0. The molecule has 0 aliphatic carbocycles. The molecule has 228 valence electrons. The normalized spacial score (nSPS) is 13.6. The van der Waals surface area contributed by atoms with Gasteiger partial charge in [0.05, 0.1) is 18.8 Å². The van der Waals surface area contributed by atoms with Crippen LogP contribution in [0.1, 0.15) is 162 Å². The topological polar surface area (TPSA) is 69.6 Å². The van der Waals surface area contributed by atoms with Crippen LogP contribution in [0.2, 0.25) is 0 Å². The van der Waals surface area contributed by atoms with Gasteiger partial charge in [-0.25, -0.2) is 0 Å². The molecular weight excluding hydrogens is 482 g/mol. The van der Waals surface area contributed by atoms with Crippen molar-refractivity contribution in [3.8, 4) is 0 Å². The van der Waals surface area contributed by atoms with E-state index in [9.17, 15) is 15.0 Å². The van der Waals surface area contributed by atoms with Crippen molar-refractivity contribution in [3.05, 3.63) is 36.5 Å². The van der Waals surface area contributed by atoms with E-state index in [1.54, 1.807) is 6.08 Å². The molecule has 4 nitrogen and oxygen atoms in total. The van der Waals surface area contributed by atoms with E-state index in [2.05, 4.69) is 43.5 Å². The first-order valence-corrected chi connectivity index (χ1v) is 16.7. The van der Waals surface area contributed by atoms with Gasteiger partial charge in [0.25, 0.3) is 0 Å². The molecule has 2 atom stereocenters. The maximum Gasteiger partial charge on any atom is 0.220 e. The number of carbonyl (C=O) groups is 1. The number of amides is 1. The maximum absolute atomic E-state index is 12.3. The lowest BCUT2D eigenvalue weighted by atomic mass is 10.1. The third-order valence-electron chi connectivity index (χ3n) is 7.35. The second kappa shape index (κ2) is 31.1. The van der Waals surface area contributed by atoms with Crippen molar-refractivity contribution in [2.75, 3.05) is 6.61 Å². The molecule has 39 heavy (non-hydrogen) atoms. The summed E-state index contributed by atoms with van der Waals surface area (Å²) in [6.07, 6.45) is 39.3. The lowest BCUT2D eigenvalue weighted by Gasteiger charge is -2.19. The zero-order valence-corrected chi connectivity index (χ0v) is 25.9. The van der Waals surface area contributed by atoms with Crippen LogP contribution in [-0.4, -0.2) is 34.9 Å². The second-order valence-electron chi connectivity index (χ2n) is 11.2. The van der Waals surface area contributed by atoms with E-state index in [1.165, 1.54) is 96.3 Å². The van der Waals surface area contributed by atoms with E-state index in [0.29, 0.717) is 6.42 Å². The van der Waals surface area contributed by atoms with Gasteiger partial charge in [0.1, 0.15) is 0 Å². The number of nitrogens with one attached hydrogen (secondary N) is 1. The van der Waals surface area contributed by atoms with E-state index < -0.39 is 12.1 Å². The summed E-state index contributed by atoms with van der Waals surface area (Å²) in [7, 11) is 0. The molecule has 0 aromatic rings. The van der Waals surface area contributed by atoms with Gasteiger partial charge in [0.15, 0.2) is 0 Å². The molecule has 0 aliphatic heterocycles. The fraction of sp³-hybridized carbons (Fsp3) is 0.800. The molecule has 0 heterocycles. The van der Waals surface area contributed by atoms with Crippen molar-refractivity contribution < 1.29 is 15.0 Å². The lowest BCUT2D eigenvalue weighted by molar-refractivity contribution is -0.123. The minimum absolute atomic E-state index is 0.0863. The summed E-state index contributed by atoms with van der Waals surface area (Å²) in [6.45, 7) is 4.25. The van der Waals surface area contributed by atoms with Gasteiger partial charge < -0.3 is 15.5 Å². The molecule has 0 bridgehead atoms. The van der Waals surface area contributed by atoms with Crippen molar-refractivity contribution >= 4 is 5.91 Å². The first-order valence-electron chi connectivity index (χ1n) is 16.7. The van der Waals surface area contributed by atoms with Crippen LogP contribution in [0, 0.1) is 0 Å². The largest absolute Gasteiger partial charge is 0.394 e. The Hall–Kier alpha value is -1.39. The highest BCUT2D eigenvalue weighted by Crippen LogP contribution is 2.11. The quantitative estimate of drug-likeness (QED) is 0.0645. The molecule has 1 amide bonds. The van der Waals surface area contributed by atoms with E-state index >= 15 is 0 Å². The standard InChI is InChI=1S/C35H65NO3/c1-3-5-7-9-11-13-15-17-18-19-21-23-25-27-29-31-35(39)36-33(32-37)34(38)30-28-26-24-22-20-16-14-12-10-8-6-4-2/h17-18,20,22,28,30,33-34,37-38H,3-16,19,21,23-27,29,31-32H2,1-2H3,(H,36,39)/b18-17-,22-20+,30-28+. The van der Waals surface area contributed by atoms with Crippen LogP contribution in [0.15, 0.2) is 36.5 Å². The summed E-state index contributed by atoms with van der Waals surface area (Å²) in [6, 6.07) is -0.639. The van der Waals surface area contributed by atoms with Gasteiger partial charge in [-0.1, -0.05) is 134 Å². The van der Waals surface area contributed by atoms with E-state index in [0.717, 1.165) is 44.9 Å². The fourth-order valence-electron chi connectivity index (χ4n) is 4.71. The zero-order valence-electron chi connectivity index (χ0n) is 25.9. The van der Waals surface area contributed by atoms with Crippen molar-refractivity contribution in [2.45, 2.75) is 174 Å². The predicted molar refractivity (Wildman–Crippen MR) is 170 cm³/mol. The van der Waals surface area contributed by atoms with Crippen molar-refractivity contribution in [2.24, 2.45) is 0 Å². The molecule has 0 radical (unpaired) electrons. The number of unbranched alkanes of at least 4 members (excludes halogenated alkanes) is 18. The van der Waals surface area contributed by atoms with Crippen LogP contribution >= 0.6 is 0 Å². The van der Waals surface area contributed by atoms with Crippen LogP contribution in [0.4, 0.5) is 0 Å². The number of aliphatic hydroxyl groups excluding tert-OH is 2. The van der Waals surface area contributed by atoms with Crippen LogP contribution in [0.5, 0.6) is 0 Å². The van der Waals surface area contributed by atoms with Crippen molar-refractivity contribution in [1.82, 2.24) is 5.32 Å². The van der Waals surface area contributed by atoms with Gasteiger partial charge in [0.2, 0.25) is 5.91 Å². The van der Waals surface area contributed by atoms with E-state index in [-0.39, 0.29) is 12.5 Å². The Morgan fingerprint density at radius 3 is 1.49 bits per heavy atom. The summed E-state index contributed by atoms with van der Waals surface area (Å²) in [4.78, 5) is 12.3. The highest BCUT2D eigenvalue weighted by Gasteiger charge is 2.17. The Balaban J connectivity index is 3.72. The molecule has 2 unspecified atom stereocenters. The second-order valence-corrected chi connectivity index (χ2v) is 11.2. The molecular formula is C35H65NO3. The van der Waals surface area contributed by atoms with Crippen LogP contribution in [-0.2, 0) is 4.79 Å². The average molecular weight is 548 g/mol. The fourth-order valence-corrected chi connectivity index (χ4v) is 4.71. The average Bonchev–Trinajstić information content (AvgIpc) is 2.94. The van der Waals surface area contributed by atoms with Gasteiger partial charge in [-0.3, -0.25) is 4.79 Å². The summed E-state index contributed by atoms with van der Waals surface area (Å²) in [5, 5.41) is 22.7. The third-order valence-corrected chi connectivity index (χ3v) is 7.35. The lowest BCUT2D eigenvalue weighted by Crippen LogP contribution is -2.45. The first-order chi connectivity index (χ1) is 19.2. The molecule has 0 fully saturated rings. The molecule has 0 aromatic carbocycles. The minimum Gasteiger partial charge on any atom is -0.394 e. The third kappa shape index (κ3) is 28.0. The number of hydrogen-bond acceptors (Lipinski definition) is 3. The smallest absolute Gasteiger partial charge is 0.220 e. The number of carbonyl (C=O) groups excluding carboxylic acids is 1. The monoisotopic (exact) mass is 547 g/mol. The summed E-state index contributed by atoms with van der Waals surface area (Å²) in [5.74, 6) is -0.0863. The SMILES string of the molecule is CCCCCCCC/C=C\CCCCCCCC(=O)NC(CO)C(O)/C=C/CC/C=C/CCCCCCCC. The molecule has 0 saturated heterocycles.